The molecule has 1 unspecified atom stereocenters. The summed E-state index contributed by atoms with van der Waals surface area (Å²) in [4.78, 5) is 15.2. The maximum atomic E-state index is 12.8. The van der Waals surface area contributed by atoms with Crippen molar-refractivity contribution in [1.29, 1.82) is 0 Å². The Balaban J connectivity index is 1.96. The second-order valence-electron chi connectivity index (χ2n) is 3.84. The molecule has 0 bridgehead atoms. The van der Waals surface area contributed by atoms with Crippen LogP contribution in [0.4, 0.5) is 19.0 Å². The molecule has 1 aromatic heterocycles. The first-order valence-electron chi connectivity index (χ1n) is 5.00. The highest BCUT2D eigenvalue weighted by atomic mass is 19.3. The van der Waals surface area contributed by atoms with Crippen molar-refractivity contribution in [3.05, 3.63) is 24.1 Å². The summed E-state index contributed by atoms with van der Waals surface area (Å²) in [7, 11) is 0. The van der Waals surface area contributed by atoms with E-state index >= 15 is 0 Å². The predicted octanol–water partition coefficient (Wildman–Crippen LogP) is 1.16. The highest BCUT2D eigenvalue weighted by molar-refractivity contribution is 5.94. The minimum Gasteiger partial charge on any atom is -0.309 e. The molecule has 1 amide bonds. The molecule has 17 heavy (non-hydrogen) atoms. The first kappa shape index (κ1) is 11.8. The molecule has 2 rings (SSSR count). The molecule has 1 fully saturated rings. The van der Waals surface area contributed by atoms with Crippen LogP contribution in [0, 0.1) is 5.82 Å². The number of nitrogens with zero attached hydrogens (tertiary/aromatic N) is 1. The lowest BCUT2D eigenvalue weighted by atomic mass is 10.2. The van der Waals surface area contributed by atoms with Gasteiger partial charge in [-0.2, -0.15) is 0 Å². The average Bonchev–Trinajstić information content (AvgIpc) is 2.62. The number of hydrogen-bond donors (Lipinski definition) is 2. The van der Waals surface area contributed by atoms with Crippen LogP contribution >= 0.6 is 0 Å². The fourth-order valence-electron chi connectivity index (χ4n) is 1.56. The minimum absolute atomic E-state index is 0.133. The molecular formula is C10H10F3N3O. The van der Waals surface area contributed by atoms with Crippen LogP contribution in [0.25, 0.3) is 0 Å². The third kappa shape index (κ3) is 2.94. The van der Waals surface area contributed by atoms with Crippen molar-refractivity contribution < 1.29 is 18.0 Å². The van der Waals surface area contributed by atoms with E-state index in [0.717, 1.165) is 12.3 Å². The topological polar surface area (TPSA) is 54.0 Å². The van der Waals surface area contributed by atoms with Crippen LogP contribution in [0.5, 0.6) is 0 Å². The summed E-state index contributed by atoms with van der Waals surface area (Å²) < 4.78 is 38.2. The number of carbonyl (C=O) groups is 1. The van der Waals surface area contributed by atoms with Gasteiger partial charge in [0.2, 0.25) is 5.91 Å². The summed E-state index contributed by atoms with van der Waals surface area (Å²) in [6.45, 7) is -0.512. The lowest BCUT2D eigenvalue weighted by Gasteiger charge is -2.10. The number of anilines is 1. The third-order valence-corrected chi connectivity index (χ3v) is 2.41. The zero-order valence-corrected chi connectivity index (χ0v) is 8.71. The summed E-state index contributed by atoms with van der Waals surface area (Å²) in [5.41, 5.74) is 0. The minimum atomic E-state index is -2.86. The zero-order chi connectivity index (χ0) is 12.5. The second-order valence-corrected chi connectivity index (χ2v) is 3.84. The Hall–Kier alpha value is -1.63. The van der Waals surface area contributed by atoms with Gasteiger partial charge in [0, 0.05) is 6.42 Å². The largest absolute Gasteiger partial charge is 0.309 e. The molecule has 0 radical (unpaired) electrons. The van der Waals surface area contributed by atoms with Crippen molar-refractivity contribution in [3.63, 3.8) is 0 Å². The van der Waals surface area contributed by atoms with E-state index in [1.807, 2.05) is 0 Å². The van der Waals surface area contributed by atoms with Gasteiger partial charge in [0.1, 0.15) is 11.6 Å². The van der Waals surface area contributed by atoms with Crippen LogP contribution in [0.1, 0.15) is 6.42 Å². The van der Waals surface area contributed by atoms with Crippen LogP contribution in [0.3, 0.4) is 0 Å². The Labute approximate surface area is 95.2 Å². The third-order valence-electron chi connectivity index (χ3n) is 2.41. The Morgan fingerprint density at radius 2 is 2.29 bits per heavy atom. The van der Waals surface area contributed by atoms with E-state index in [-0.39, 0.29) is 5.82 Å². The van der Waals surface area contributed by atoms with Gasteiger partial charge in [0.25, 0.3) is 5.92 Å². The summed E-state index contributed by atoms with van der Waals surface area (Å²) in [6, 6.07) is 1.44. The Morgan fingerprint density at radius 3 is 2.82 bits per heavy atom. The number of nitrogens with one attached hydrogen (secondary N) is 2. The lowest BCUT2D eigenvalue weighted by molar-refractivity contribution is -0.118. The van der Waals surface area contributed by atoms with Gasteiger partial charge in [-0.05, 0) is 12.1 Å². The van der Waals surface area contributed by atoms with Crippen molar-refractivity contribution in [1.82, 2.24) is 10.3 Å². The predicted molar refractivity (Wildman–Crippen MR) is 54.2 cm³/mol. The maximum absolute atomic E-state index is 12.8. The SMILES string of the molecule is O=C(Nc1ccc(F)cn1)C1CC(F)(F)CN1. The van der Waals surface area contributed by atoms with Gasteiger partial charge < -0.3 is 5.32 Å². The van der Waals surface area contributed by atoms with Crippen LogP contribution in [0.15, 0.2) is 18.3 Å². The summed E-state index contributed by atoms with van der Waals surface area (Å²) in [6.07, 6.45) is 0.395. The molecule has 1 aliphatic rings. The summed E-state index contributed by atoms with van der Waals surface area (Å²) in [5, 5.41) is 4.75. The molecule has 1 aliphatic heterocycles. The first-order valence-corrected chi connectivity index (χ1v) is 5.00. The second kappa shape index (κ2) is 4.33. The van der Waals surface area contributed by atoms with E-state index in [1.165, 1.54) is 6.07 Å². The molecule has 2 N–H and O–H groups in total. The van der Waals surface area contributed by atoms with E-state index in [9.17, 15) is 18.0 Å². The van der Waals surface area contributed by atoms with Crippen LogP contribution in [0.2, 0.25) is 0 Å². The summed E-state index contributed by atoms with van der Waals surface area (Å²) in [5.74, 6) is -3.86. The van der Waals surface area contributed by atoms with Crippen molar-refractivity contribution in [2.75, 3.05) is 11.9 Å². The van der Waals surface area contributed by atoms with Crippen molar-refractivity contribution in [3.8, 4) is 0 Å². The van der Waals surface area contributed by atoms with Crippen molar-refractivity contribution in [2.45, 2.75) is 18.4 Å². The Bertz CT molecular complexity index is 421. The molecule has 0 saturated carbocycles. The van der Waals surface area contributed by atoms with Gasteiger partial charge in [0.05, 0.1) is 18.8 Å². The van der Waals surface area contributed by atoms with Crippen LogP contribution in [-0.2, 0) is 4.79 Å². The number of amides is 1. The number of halogens is 3. The quantitative estimate of drug-likeness (QED) is 0.822. The van der Waals surface area contributed by atoms with Gasteiger partial charge in [0.15, 0.2) is 0 Å². The molecule has 1 saturated heterocycles. The molecule has 7 heteroatoms. The molecule has 2 heterocycles. The zero-order valence-electron chi connectivity index (χ0n) is 8.71. The fraction of sp³-hybridized carbons (Fsp3) is 0.400. The molecule has 1 aromatic rings. The van der Waals surface area contributed by atoms with E-state index in [0.29, 0.717) is 0 Å². The van der Waals surface area contributed by atoms with Crippen LogP contribution < -0.4 is 10.6 Å². The highest BCUT2D eigenvalue weighted by Crippen LogP contribution is 2.25. The maximum Gasteiger partial charge on any atom is 0.262 e. The molecule has 92 valence electrons. The number of carbonyl (C=O) groups excluding carboxylic acids is 1. The Kier molecular flexibility index (Phi) is 3.01. The van der Waals surface area contributed by atoms with E-state index in [4.69, 9.17) is 0 Å². The fourth-order valence-corrected chi connectivity index (χ4v) is 1.56. The van der Waals surface area contributed by atoms with E-state index in [2.05, 4.69) is 15.6 Å². The van der Waals surface area contributed by atoms with Crippen molar-refractivity contribution in [2.24, 2.45) is 0 Å². The standard InChI is InChI=1S/C10H10F3N3O/c11-6-1-2-8(14-4-6)16-9(17)7-3-10(12,13)5-15-7/h1-2,4,7,15H,3,5H2,(H,14,16,17). The monoisotopic (exact) mass is 245 g/mol. The molecule has 0 spiro atoms. The van der Waals surface area contributed by atoms with Gasteiger partial charge >= 0.3 is 0 Å². The lowest BCUT2D eigenvalue weighted by Crippen LogP contribution is -2.35. The molecule has 1 atom stereocenters. The number of rotatable bonds is 2. The highest BCUT2D eigenvalue weighted by Gasteiger charge is 2.42. The number of alkyl halides is 2. The van der Waals surface area contributed by atoms with Gasteiger partial charge in [-0.1, -0.05) is 0 Å². The molecular weight excluding hydrogens is 235 g/mol. The van der Waals surface area contributed by atoms with Gasteiger partial charge in [-0.15, -0.1) is 0 Å². The van der Waals surface area contributed by atoms with Gasteiger partial charge in [-0.25, -0.2) is 18.2 Å². The molecule has 0 aliphatic carbocycles. The number of pyridine rings is 1. The van der Waals surface area contributed by atoms with Crippen LogP contribution in [-0.4, -0.2) is 29.4 Å². The smallest absolute Gasteiger partial charge is 0.262 e. The number of aromatic nitrogens is 1. The normalized spacial score (nSPS) is 22.4. The Morgan fingerprint density at radius 1 is 1.53 bits per heavy atom. The average molecular weight is 245 g/mol. The molecule has 0 aromatic carbocycles. The molecule has 4 nitrogen and oxygen atoms in total. The van der Waals surface area contributed by atoms with Gasteiger partial charge in [-0.3, -0.25) is 10.1 Å². The first-order chi connectivity index (χ1) is 7.96. The van der Waals surface area contributed by atoms with E-state index in [1.54, 1.807) is 0 Å². The summed E-state index contributed by atoms with van der Waals surface area (Å²) >= 11 is 0. The van der Waals surface area contributed by atoms with E-state index < -0.39 is 36.7 Å². The van der Waals surface area contributed by atoms with Crippen molar-refractivity contribution >= 4 is 11.7 Å². The number of hydrogen-bond acceptors (Lipinski definition) is 3.